The van der Waals surface area contributed by atoms with E-state index in [2.05, 4.69) is 20.9 Å². The van der Waals surface area contributed by atoms with E-state index in [4.69, 9.17) is 9.47 Å². The Hall–Kier alpha value is -2.14. The molecule has 0 unspecified atom stereocenters. The molecule has 0 bridgehead atoms. The van der Waals surface area contributed by atoms with Crippen LogP contribution in [0.2, 0.25) is 0 Å². The van der Waals surface area contributed by atoms with Gasteiger partial charge in [-0.1, -0.05) is 46.3 Å². The molecule has 0 aliphatic rings. The zero-order valence-electron chi connectivity index (χ0n) is 11.5. The number of pyridine rings is 1. The minimum absolute atomic E-state index is 0.163. The first kappa shape index (κ1) is 15.3. The average Bonchev–Trinajstić information content (AvgIpc) is 2.54. The lowest BCUT2D eigenvalue weighted by atomic mass is 10.2. The van der Waals surface area contributed by atoms with Crippen LogP contribution in [0.15, 0.2) is 47.6 Å². The third kappa shape index (κ3) is 3.92. The molecule has 2 rings (SSSR count). The van der Waals surface area contributed by atoms with E-state index in [-0.39, 0.29) is 5.69 Å². The van der Waals surface area contributed by atoms with Gasteiger partial charge in [0, 0.05) is 11.8 Å². The van der Waals surface area contributed by atoms with Gasteiger partial charge < -0.3 is 9.47 Å². The van der Waals surface area contributed by atoms with Gasteiger partial charge in [0.05, 0.1) is 7.11 Å². The third-order valence-electron chi connectivity index (χ3n) is 2.78. The second-order valence-electron chi connectivity index (χ2n) is 4.14. The van der Waals surface area contributed by atoms with Crippen molar-refractivity contribution in [3.05, 3.63) is 64.4 Å². The lowest BCUT2D eigenvalue weighted by molar-refractivity contribution is 0.0588. The highest BCUT2D eigenvalue weighted by Crippen LogP contribution is 2.25. The Bertz CT molecular complexity index is 641. The normalized spacial score (nSPS) is 10.6. The van der Waals surface area contributed by atoms with E-state index in [1.54, 1.807) is 23.3 Å². The molecule has 2 aromatic rings. The fourth-order valence-corrected chi connectivity index (χ4v) is 2.07. The zero-order valence-corrected chi connectivity index (χ0v) is 13.0. The number of benzene rings is 1. The number of hydrogen-bond donors (Lipinski definition) is 0. The number of carbonyl (C=O) groups excluding carboxylic acids is 1. The molecular formula is C16H14BrNO3. The number of hydrogen-bond acceptors (Lipinski definition) is 4. The Morgan fingerprint density at radius 3 is 2.71 bits per heavy atom. The van der Waals surface area contributed by atoms with E-state index < -0.39 is 5.97 Å². The molecule has 1 heterocycles. The predicted molar refractivity (Wildman–Crippen MR) is 84.3 cm³/mol. The monoisotopic (exact) mass is 347 g/mol. The molecule has 4 nitrogen and oxygen atoms in total. The second-order valence-corrected chi connectivity index (χ2v) is 4.67. The summed E-state index contributed by atoms with van der Waals surface area (Å²) in [6, 6.07) is 11.5. The molecule has 0 aliphatic carbocycles. The van der Waals surface area contributed by atoms with Crippen molar-refractivity contribution in [3.8, 4) is 5.75 Å². The highest BCUT2D eigenvalue weighted by Gasteiger charge is 2.17. The van der Waals surface area contributed by atoms with Crippen LogP contribution in [0.5, 0.6) is 5.75 Å². The van der Waals surface area contributed by atoms with Crippen molar-refractivity contribution in [1.82, 2.24) is 4.98 Å². The Labute approximate surface area is 131 Å². The van der Waals surface area contributed by atoms with Crippen LogP contribution in [-0.4, -0.2) is 18.1 Å². The minimum atomic E-state index is -0.525. The molecule has 0 saturated carbocycles. The lowest BCUT2D eigenvalue weighted by Gasteiger charge is -2.12. The Morgan fingerprint density at radius 1 is 1.29 bits per heavy atom. The molecule has 108 valence electrons. The van der Waals surface area contributed by atoms with Crippen LogP contribution in [0.25, 0.3) is 6.08 Å². The van der Waals surface area contributed by atoms with Crippen molar-refractivity contribution in [2.45, 2.75) is 6.61 Å². The first-order valence-corrected chi connectivity index (χ1v) is 7.18. The fraction of sp³-hybridized carbons (Fsp3) is 0.125. The maximum Gasteiger partial charge on any atom is 0.360 e. The quantitative estimate of drug-likeness (QED) is 0.771. The van der Waals surface area contributed by atoms with Gasteiger partial charge in [0.15, 0.2) is 11.4 Å². The van der Waals surface area contributed by atoms with Crippen molar-refractivity contribution in [2.75, 3.05) is 7.11 Å². The number of esters is 1. The van der Waals surface area contributed by atoms with Gasteiger partial charge in [-0.15, -0.1) is 0 Å². The number of carbonyl (C=O) groups is 1. The van der Waals surface area contributed by atoms with E-state index in [1.807, 2.05) is 30.3 Å². The molecule has 0 N–H and O–H groups in total. The first-order chi connectivity index (χ1) is 10.3. The van der Waals surface area contributed by atoms with Gasteiger partial charge in [-0.05, 0) is 22.7 Å². The van der Waals surface area contributed by atoms with E-state index in [9.17, 15) is 4.79 Å². The van der Waals surface area contributed by atoms with Crippen molar-refractivity contribution in [2.24, 2.45) is 0 Å². The van der Waals surface area contributed by atoms with E-state index in [0.29, 0.717) is 12.4 Å². The fourth-order valence-electron chi connectivity index (χ4n) is 1.79. The molecular weight excluding hydrogens is 334 g/mol. The summed E-state index contributed by atoms with van der Waals surface area (Å²) in [6.45, 7) is 0.347. The summed E-state index contributed by atoms with van der Waals surface area (Å²) in [4.78, 5) is 17.6. The Balaban J connectivity index is 2.32. The van der Waals surface area contributed by atoms with Gasteiger partial charge >= 0.3 is 5.97 Å². The second kappa shape index (κ2) is 7.59. The van der Waals surface area contributed by atoms with Gasteiger partial charge in [-0.25, -0.2) is 9.78 Å². The van der Waals surface area contributed by atoms with Crippen molar-refractivity contribution >= 4 is 28.0 Å². The smallest absolute Gasteiger partial charge is 0.360 e. The van der Waals surface area contributed by atoms with Crippen LogP contribution in [0, 0.1) is 0 Å². The molecule has 1 aromatic carbocycles. The molecule has 0 atom stereocenters. The van der Waals surface area contributed by atoms with Gasteiger partial charge in [0.1, 0.15) is 6.61 Å². The summed E-state index contributed by atoms with van der Waals surface area (Å²) >= 11 is 3.22. The van der Waals surface area contributed by atoms with Crippen LogP contribution in [0.3, 0.4) is 0 Å². The molecule has 0 radical (unpaired) electrons. The van der Waals surface area contributed by atoms with Gasteiger partial charge in [0.2, 0.25) is 0 Å². The minimum Gasteiger partial charge on any atom is -0.486 e. The Morgan fingerprint density at radius 2 is 2.05 bits per heavy atom. The van der Waals surface area contributed by atoms with Crippen LogP contribution in [-0.2, 0) is 11.3 Å². The maximum absolute atomic E-state index is 11.8. The summed E-state index contributed by atoms with van der Waals surface area (Å²) in [5, 5.41) is 0. The average molecular weight is 348 g/mol. The van der Waals surface area contributed by atoms with Gasteiger partial charge in [-0.3, -0.25) is 0 Å². The molecule has 5 heteroatoms. The van der Waals surface area contributed by atoms with Crippen LogP contribution >= 0.6 is 15.9 Å². The summed E-state index contributed by atoms with van der Waals surface area (Å²) < 4.78 is 10.5. The predicted octanol–water partition coefficient (Wildman–Crippen LogP) is 3.81. The molecule has 1 aromatic heterocycles. The third-order valence-corrected chi connectivity index (χ3v) is 3.05. The first-order valence-electron chi connectivity index (χ1n) is 6.27. The summed E-state index contributed by atoms with van der Waals surface area (Å²) in [5.74, 6) is -0.119. The van der Waals surface area contributed by atoms with E-state index >= 15 is 0 Å². The number of methoxy groups -OCH3 is 1. The zero-order chi connectivity index (χ0) is 15.1. The Kier molecular flexibility index (Phi) is 5.51. The highest BCUT2D eigenvalue weighted by molar-refractivity contribution is 9.11. The van der Waals surface area contributed by atoms with Crippen LogP contribution in [0.1, 0.15) is 21.6 Å². The molecule has 0 saturated heterocycles. The lowest BCUT2D eigenvalue weighted by Crippen LogP contribution is -2.09. The van der Waals surface area contributed by atoms with E-state index in [1.165, 1.54) is 7.11 Å². The van der Waals surface area contributed by atoms with Gasteiger partial charge in [-0.2, -0.15) is 0 Å². The maximum atomic E-state index is 11.8. The standard InChI is InChI=1S/C16H14BrNO3/c1-20-16(19)14-15(13(7-9-17)8-10-18-14)21-11-12-5-3-2-4-6-12/h2-10H,11H2,1H3/b9-7-. The highest BCUT2D eigenvalue weighted by atomic mass is 79.9. The number of aromatic nitrogens is 1. The topological polar surface area (TPSA) is 48.4 Å². The molecule has 21 heavy (non-hydrogen) atoms. The van der Waals surface area contributed by atoms with E-state index in [0.717, 1.165) is 11.1 Å². The SMILES string of the molecule is COC(=O)c1nccc(/C=C\Br)c1OCc1ccccc1. The van der Waals surface area contributed by atoms with Crippen LogP contribution in [0.4, 0.5) is 0 Å². The number of rotatable bonds is 5. The number of nitrogens with zero attached hydrogens (tertiary/aromatic N) is 1. The molecule has 0 fully saturated rings. The van der Waals surface area contributed by atoms with Crippen molar-refractivity contribution in [3.63, 3.8) is 0 Å². The summed E-state index contributed by atoms with van der Waals surface area (Å²) in [6.07, 6.45) is 3.33. The number of ether oxygens (including phenoxy) is 2. The summed E-state index contributed by atoms with van der Waals surface area (Å²) in [7, 11) is 1.32. The molecule has 0 amide bonds. The molecule has 0 spiro atoms. The van der Waals surface area contributed by atoms with Crippen molar-refractivity contribution in [1.29, 1.82) is 0 Å². The van der Waals surface area contributed by atoms with Crippen molar-refractivity contribution < 1.29 is 14.3 Å². The van der Waals surface area contributed by atoms with Crippen LogP contribution < -0.4 is 4.74 Å². The number of halogens is 1. The van der Waals surface area contributed by atoms with Gasteiger partial charge in [0.25, 0.3) is 0 Å². The summed E-state index contributed by atoms with van der Waals surface area (Å²) in [5.41, 5.74) is 1.92. The largest absolute Gasteiger partial charge is 0.486 e. The molecule has 0 aliphatic heterocycles.